The minimum Gasteiger partial charge on any atom is -0.506 e. The number of carbonyl (C=O) groups excluding carboxylic acids is 2. The fraction of sp³-hybridized carbons (Fsp3) is 0.360. The van der Waals surface area contributed by atoms with E-state index in [0.717, 1.165) is 12.8 Å². The van der Waals surface area contributed by atoms with Crippen LogP contribution in [0.2, 0.25) is 0 Å². The standard InChI is InChI=1S/C25H28O6S/c1-6-14(7-2)12-17(26)21-22(25(28)31-5)20(24-16(23(21)27)10-11-32-24)15-8-9-18(29-3)19(13-15)30-4/h8-11,13-14,27H,6-7,12H2,1-5H3. The number of rotatable bonds is 9. The van der Waals surface area contributed by atoms with Gasteiger partial charge in [0.25, 0.3) is 0 Å². The third kappa shape index (κ3) is 4.17. The molecule has 0 bridgehead atoms. The average Bonchev–Trinajstić information content (AvgIpc) is 3.31. The van der Waals surface area contributed by atoms with E-state index >= 15 is 0 Å². The van der Waals surface area contributed by atoms with E-state index in [1.54, 1.807) is 31.4 Å². The van der Waals surface area contributed by atoms with Gasteiger partial charge >= 0.3 is 5.97 Å². The molecule has 0 radical (unpaired) electrons. The molecule has 0 spiro atoms. The first-order valence-corrected chi connectivity index (χ1v) is 11.4. The predicted molar refractivity (Wildman–Crippen MR) is 126 cm³/mol. The molecular formula is C25H28O6S. The second-order valence-corrected chi connectivity index (χ2v) is 8.42. The van der Waals surface area contributed by atoms with Gasteiger partial charge in [-0.05, 0) is 35.1 Å². The van der Waals surface area contributed by atoms with Crippen molar-refractivity contribution in [2.45, 2.75) is 33.1 Å². The Hall–Kier alpha value is -3.06. The number of hydrogen-bond donors (Lipinski definition) is 1. The van der Waals surface area contributed by atoms with Gasteiger partial charge in [-0.15, -0.1) is 11.3 Å². The van der Waals surface area contributed by atoms with Gasteiger partial charge in [0.05, 0.1) is 32.5 Å². The normalized spacial score (nSPS) is 11.1. The van der Waals surface area contributed by atoms with E-state index in [-0.39, 0.29) is 35.0 Å². The smallest absolute Gasteiger partial charge is 0.339 e. The highest BCUT2D eigenvalue weighted by Crippen LogP contribution is 2.46. The lowest BCUT2D eigenvalue weighted by atomic mass is 9.87. The Morgan fingerprint density at radius 2 is 1.69 bits per heavy atom. The minimum absolute atomic E-state index is 0.0134. The van der Waals surface area contributed by atoms with E-state index in [9.17, 15) is 14.7 Å². The molecule has 0 atom stereocenters. The number of thiophene rings is 1. The van der Waals surface area contributed by atoms with E-state index in [0.29, 0.717) is 32.7 Å². The monoisotopic (exact) mass is 456 g/mol. The summed E-state index contributed by atoms with van der Waals surface area (Å²) in [7, 11) is 4.35. The maximum atomic E-state index is 13.4. The van der Waals surface area contributed by atoms with Crippen molar-refractivity contribution in [3.8, 4) is 28.4 Å². The van der Waals surface area contributed by atoms with E-state index in [4.69, 9.17) is 14.2 Å². The summed E-state index contributed by atoms with van der Waals surface area (Å²) < 4.78 is 16.6. The van der Waals surface area contributed by atoms with Gasteiger partial charge in [-0.1, -0.05) is 32.8 Å². The maximum absolute atomic E-state index is 13.4. The molecule has 2 aromatic carbocycles. The summed E-state index contributed by atoms with van der Waals surface area (Å²) in [5.74, 6) is 0.0715. The molecule has 0 unspecified atom stereocenters. The fourth-order valence-electron chi connectivity index (χ4n) is 3.97. The van der Waals surface area contributed by atoms with E-state index in [2.05, 4.69) is 0 Å². The van der Waals surface area contributed by atoms with Crippen LogP contribution in [0.1, 0.15) is 53.8 Å². The number of esters is 1. The number of ether oxygens (including phenoxy) is 3. The summed E-state index contributed by atoms with van der Waals surface area (Å²) in [6.07, 6.45) is 1.91. The Balaban J connectivity index is 2.38. The highest BCUT2D eigenvalue weighted by Gasteiger charge is 2.31. The summed E-state index contributed by atoms with van der Waals surface area (Å²) in [5.41, 5.74) is 1.28. The van der Waals surface area contributed by atoms with Crippen LogP contribution in [0.15, 0.2) is 29.6 Å². The van der Waals surface area contributed by atoms with Gasteiger partial charge in [0.1, 0.15) is 5.75 Å². The number of carbonyl (C=O) groups is 2. The van der Waals surface area contributed by atoms with Crippen LogP contribution in [0.5, 0.6) is 17.2 Å². The molecule has 3 rings (SSSR count). The number of ketones is 1. The third-order valence-electron chi connectivity index (χ3n) is 5.85. The summed E-state index contributed by atoms with van der Waals surface area (Å²) >= 11 is 1.38. The Bertz CT molecular complexity index is 1140. The predicted octanol–water partition coefficient (Wildman–Crippen LogP) is 6.09. The van der Waals surface area contributed by atoms with Crippen LogP contribution in [0.4, 0.5) is 0 Å². The van der Waals surface area contributed by atoms with Crippen LogP contribution in [-0.4, -0.2) is 38.2 Å². The SMILES string of the molecule is CCC(CC)CC(=O)c1c(C(=O)OC)c(-c2ccc(OC)c(OC)c2)c2sccc2c1O. The summed E-state index contributed by atoms with van der Waals surface area (Å²) in [5, 5.41) is 13.4. The Kier molecular flexibility index (Phi) is 7.40. The molecule has 0 aliphatic rings. The van der Waals surface area contributed by atoms with Crippen LogP contribution in [-0.2, 0) is 4.74 Å². The first kappa shape index (κ1) is 23.6. The number of hydrogen-bond acceptors (Lipinski definition) is 7. The van der Waals surface area contributed by atoms with Crippen LogP contribution in [0.25, 0.3) is 21.2 Å². The number of fused-ring (bicyclic) bond motifs is 1. The van der Waals surface area contributed by atoms with Gasteiger partial charge in [0.2, 0.25) is 0 Å². The average molecular weight is 457 g/mol. The molecule has 1 heterocycles. The third-order valence-corrected chi connectivity index (χ3v) is 6.79. The molecule has 0 aliphatic carbocycles. The van der Waals surface area contributed by atoms with Gasteiger partial charge in [-0.2, -0.15) is 0 Å². The lowest BCUT2D eigenvalue weighted by Crippen LogP contribution is -2.15. The molecule has 6 nitrogen and oxygen atoms in total. The van der Waals surface area contributed by atoms with Gasteiger partial charge in [0.15, 0.2) is 17.3 Å². The molecule has 0 amide bonds. The van der Waals surface area contributed by atoms with E-state index < -0.39 is 5.97 Å². The zero-order chi connectivity index (χ0) is 23.4. The minimum atomic E-state index is -0.673. The fourth-order valence-corrected chi connectivity index (χ4v) is 4.94. The zero-order valence-corrected chi connectivity index (χ0v) is 19.8. The first-order valence-electron chi connectivity index (χ1n) is 10.5. The molecule has 170 valence electrons. The van der Waals surface area contributed by atoms with Gasteiger partial charge in [0, 0.05) is 22.1 Å². The van der Waals surface area contributed by atoms with Crippen molar-refractivity contribution in [2.75, 3.05) is 21.3 Å². The Morgan fingerprint density at radius 1 is 1.00 bits per heavy atom. The number of aromatic hydroxyl groups is 1. The second-order valence-electron chi connectivity index (χ2n) is 7.51. The van der Waals surface area contributed by atoms with Crippen LogP contribution >= 0.6 is 11.3 Å². The second kappa shape index (κ2) is 10.0. The molecule has 3 aromatic rings. The molecule has 7 heteroatoms. The van der Waals surface area contributed by atoms with Crippen LogP contribution < -0.4 is 9.47 Å². The topological polar surface area (TPSA) is 82.1 Å². The van der Waals surface area contributed by atoms with E-state index in [1.165, 1.54) is 25.6 Å². The highest BCUT2D eigenvalue weighted by molar-refractivity contribution is 7.18. The molecule has 0 saturated heterocycles. The first-order chi connectivity index (χ1) is 15.4. The van der Waals surface area contributed by atoms with Gasteiger partial charge in [-0.25, -0.2) is 4.79 Å². The number of phenols is 1. The zero-order valence-electron chi connectivity index (χ0n) is 19.0. The van der Waals surface area contributed by atoms with Crippen LogP contribution in [0.3, 0.4) is 0 Å². The summed E-state index contributed by atoms with van der Waals surface area (Å²) in [6, 6.07) is 7.06. The quantitative estimate of drug-likeness (QED) is 0.310. The molecule has 0 aliphatic heterocycles. The molecule has 1 N–H and O–H groups in total. The Labute approximate surface area is 191 Å². The lowest BCUT2D eigenvalue weighted by molar-refractivity contribution is 0.0597. The molecule has 1 aromatic heterocycles. The van der Waals surface area contributed by atoms with Gasteiger partial charge < -0.3 is 19.3 Å². The number of phenolic OH excluding ortho intramolecular Hbond substituents is 1. The number of Topliss-reactive ketones (excluding diaryl/α,β-unsaturated/α-hetero) is 1. The van der Waals surface area contributed by atoms with E-state index in [1.807, 2.05) is 19.2 Å². The largest absolute Gasteiger partial charge is 0.506 e. The number of benzene rings is 2. The van der Waals surface area contributed by atoms with Crippen molar-refractivity contribution in [2.24, 2.45) is 5.92 Å². The summed E-state index contributed by atoms with van der Waals surface area (Å²) in [4.78, 5) is 26.4. The van der Waals surface area contributed by atoms with Gasteiger partial charge in [-0.3, -0.25) is 4.79 Å². The maximum Gasteiger partial charge on any atom is 0.339 e. The van der Waals surface area contributed by atoms with Crippen molar-refractivity contribution in [1.29, 1.82) is 0 Å². The molecule has 0 saturated carbocycles. The van der Waals surface area contributed by atoms with Crippen molar-refractivity contribution in [1.82, 2.24) is 0 Å². The number of methoxy groups -OCH3 is 3. The molecule has 0 fully saturated rings. The Morgan fingerprint density at radius 3 is 2.28 bits per heavy atom. The molecule has 32 heavy (non-hydrogen) atoms. The highest BCUT2D eigenvalue weighted by atomic mass is 32.1. The van der Waals surface area contributed by atoms with Crippen molar-refractivity contribution < 1.29 is 28.9 Å². The summed E-state index contributed by atoms with van der Waals surface area (Å²) in [6.45, 7) is 4.05. The molecular weight excluding hydrogens is 428 g/mol. The van der Waals surface area contributed by atoms with Crippen LogP contribution in [0, 0.1) is 5.92 Å². The van der Waals surface area contributed by atoms with Crippen molar-refractivity contribution in [3.05, 3.63) is 40.8 Å². The lowest BCUT2D eigenvalue weighted by Gasteiger charge is -2.19. The van der Waals surface area contributed by atoms with Crippen molar-refractivity contribution >= 4 is 33.2 Å². The van der Waals surface area contributed by atoms with Crippen molar-refractivity contribution in [3.63, 3.8) is 0 Å².